The Labute approximate surface area is 206 Å². The van der Waals surface area contributed by atoms with Crippen molar-refractivity contribution in [1.82, 2.24) is 10.2 Å². The van der Waals surface area contributed by atoms with Gasteiger partial charge in [-0.2, -0.15) is 0 Å². The van der Waals surface area contributed by atoms with Crippen LogP contribution in [0.2, 0.25) is 0 Å². The zero-order chi connectivity index (χ0) is 23.0. The van der Waals surface area contributed by atoms with Gasteiger partial charge in [0.15, 0.2) is 0 Å². The Morgan fingerprint density at radius 1 is 1.32 bits per heavy atom. The quantitative estimate of drug-likeness (QED) is 0.154. The van der Waals surface area contributed by atoms with Crippen LogP contribution in [0.1, 0.15) is 31.7 Å². The molecule has 0 radical (unpaired) electrons. The van der Waals surface area contributed by atoms with Gasteiger partial charge in [0.2, 0.25) is 15.9 Å². The Morgan fingerprint density at radius 3 is 2.58 bits per heavy atom. The molecule has 1 atom stereocenters. The monoisotopic (exact) mass is 524 g/mol. The summed E-state index contributed by atoms with van der Waals surface area (Å²) in [5.74, 6) is 0.00157. The molecule has 0 aliphatic carbocycles. The van der Waals surface area contributed by atoms with E-state index in [0.717, 1.165) is 5.56 Å². The van der Waals surface area contributed by atoms with Gasteiger partial charge in [-0.25, -0.2) is 0 Å². The number of hydrogen-bond donors (Lipinski definition) is 1. The summed E-state index contributed by atoms with van der Waals surface area (Å²) in [5, 5.41) is 2.57. The fourth-order valence-corrected chi connectivity index (χ4v) is 4.22. The molecule has 1 fully saturated rings. The van der Waals surface area contributed by atoms with E-state index in [9.17, 15) is 9.59 Å². The molecular formula is C20H23Cl3N2O4S2. The fraction of sp³-hybridized carbons (Fsp3) is 0.450. The molecule has 1 unspecified atom stereocenters. The predicted octanol–water partition coefficient (Wildman–Crippen LogP) is 4.92. The number of thiocarbonyl (C=S) groups is 1. The molecular weight excluding hydrogens is 503 g/mol. The number of nitrogens with zero attached hydrogens (tertiary/aromatic N) is 1. The second kappa shape index (κ2) is 12.3. The van der Waals surface area contributed by atoms with Crippen LogP contribution in [0.25, 0.3) is 6.08 Å². The Morgan fingerprint density at radius 2 is 2.00 bits per heavy atom. The third-order valence-corrected chi connectivity index (χ3v) is 6.07. The number of ether oxygens (including phenoxy) is 2. The van der Waals surface area contributed by atoms with Crippen LogP contribution in [0.15, 0.2) is 29.2 Å². The van der Waals surface area contributed by atoms with Gasteiger partial charge in [-0.1, -0.05) is 77.8 Å². The minimum Gasteiger partial charge on any atom is -0.466 e. The van der Waals surface area contributed by atoms with Gasteiger partial charge in [-0.15, -0.1) is 0 Å². The number of methoxy groups -OCH3 is 1. The number of carbonyl (C=O) groups is 2. The average Bonchev–Trinajstić information content (AvgIpc) is 2.96. The van der Waals surface area contributed by atoms with Crippen molar-refractivity contribution in [3.63, 3.8) is 0 Å². The molecule has 170 valence electrons. The van der Waals surface area contributed by atoms with Crippen molar-refractivity contribution in [2.75, 3.05) is 20.3 Å². The molecule has 1 N–H and O–H groups in total. The zero-order valence-electron chi connectivity index (χ0n) is 17.0. The molecule has 1 aliphatic heterocycles. The highest BCUT2D eigenvalue weighted by atomic mass is 35.6. The van der Waals surface area contributed by atoms with Crippen LogP contribution in [-0.2, 0) is 14.3 Å². The number of benzene rings is 1. The highest BCUT2D eigenvalue weighted by Crippen LogP contribution is 2.34. The van der Waals surface area contributed by atoms with Crippen LogP contribution in [0.3, 0.4) is 0 Å². The molecule has 1 aliphatic rings. The zero-order valence-corrected chi connectivity index (χ0v) is 20.9. The number of amides is 2. The van der Waals surface area contributed by atoms with Crippen molar-refractivity contribution in [2.45, 2.75) is 36.2 Å². The summed E-state index contributed by atoms with van der Waals surface area (Å²) in [5.41, 5.74) is 0.783. The summed E-state index contributed by atoms with van der Waals surface area (Å²) in [4.78, 5) is 26.6. The van der Waals surface area contributed by atoms with Gasteiger partial charge in [0.25, 0.3) is 5.91 Å². The third kappa shape index (κ3) is 8.11. The second-order valence-electron chi connectivity index (χ2n) is 6.61. The van der Waals surface area contributed by atoms with Crippen molar-refractivity contribution in [3.05, 3.63) is 34.7 Å². The topological polar surface area (TPSA) is 67.9 Å². The number of carbonyl (C=O) groups excluding carboxylic acids is 2. The fourth-order valence-electron chi connectivity index (χ4n) is 2.61. The Hall–Kier alpha value is -1.03. The van der Waals surface area contributed by atoms with E-state index in [-0.39, 0.29) is 11.8 Å². The predicted molar refractivity (Wildman–Crippen MR) is 131 cm³/mol. The SMILES string of the molecule is CCCC(=O)NC(Oc1ccc(/C=C2/SC(=S)N(CCCOC)C2=O)cc1)C(Cl)(Cl)Cl. The van der Waals surface area contributed by atoms with Gasteiger partial charge in [-0.05, 0) is 36.6 Å². The first-order chi connectivity index (χ1) is 14.7. The number of thioether (sulfide) groups is 1. The van der Waals surface area contributed by atoms with Crippen molar-refractivity contribution in [2.24, 2.45) is 0 Å². The Bertz CT molecular complexity index is 829. The van der Waals surface area contributed by atoms with Crippen molar-refractivity contribution >= 4 is 81.0 Å². The Balaban J connectivity index is 2.06. The summed E-state index contributed by atoms with van der Waals surface area (Å²) in [6.07, 6.45) is 2.27. The highest BCUT2D eigenvalue weighted by Gasteiger charge is 2.36. The number of nitrogens with one attached hydrogen (secondary N) is 1. The highest BCUT2D eigenvalue weighted by molar-refractivity contribution is 8.26. The first kappa shape index (κ1) is 26.2. The summed E-state index contributed by atoms with van der Waals surface area (Å²) in [7, 11) is 1.62. The van der Waals surface area contributed by atoms with E-state index in [1.165, 1.54) is 11.8 Å². The molecule has 0 aromatic heterocycles. The standard InChI is InChI=1S/C20H23Cl3N2O4S2/c1-3-5-16(26)24-18(20(21,22)23)29-14-8-6-13(7-9-14)12-15-17(27)25(19(30)31-15)10-4-11-28-2/h6-9,12,18H,3-5,10-11H2,1-2H3,(H,24,26)/b15-12+. The third-order valence-electron chi connectivity index (χ3n) is 4.10. The maximum Gasteiger partial charge on any atom is 0.266 e. The summed E-state index contributed by atoms with van der Waals surface area (Å²) >= 11 is 24.4. The molecule has 1 heterocycles. The maximum absolute atomic E-state index is 12.6. The Kier molecular flexibility index (Phi) is 10.4. The van der Waals surface area contributed by atoms with E-state index in [1.807, 2.05) is 6.92 Å². The summed E-state index contributed by atoms with van der Waals surface area (Å²) in [6, 6.07) is 6.85. The molecule has 1 aromatic rings. The maximum atomic E-state index is 12.6. The molecule has 2 rings (SSSR count). The van der Waals surface area contributed by atoms with Crippen molar-refractivity contribution < 1.29 is 19.1 Å². The van der Waals surface area contributed by atoms with Crippen LogP contribution < -0.4 is 10.1 Å². The lowest BCUT2D eigenvalue weighted by Gasteiger charge is -2.26. The summed E-state index contributed by atoms with van der Waals surface area (Å²) in [6.45, 7) is 2.95. The molecule has 2 amide bonds. The van der Waals surface area contributed by atoms with E-state index in [0.29, 0.717) is 47.4 Å². The van der Waals surface area contributed by atoms with Gasteiger partial charge in [-0.3, -0.25) is 14.5 Å². The average molecular weight is 526 g/mol. The molecule has 6 nitrogen and oxygen atoms in total. The molecule has 1 aromatic carbocycles. The molecule has 0 spiro atoms. The minimum atomic E-state index is -1.85. The van der Waals surface area contributed by atoms with Crippen LogP contribution in [0, 0.1) is 0 Å². The number of hydrogen-bond acceptors (Lipinski definition) is 6. The van der Waals surface area contributed by atoms with E-state index < -0.39 is 10.0 Å². The smallest absolute Gasteiger partial charge is 0.266 e. The van der Waals surface area contributed by atoms with Crippen LogP contribution in [-0.4, -0.2) is 51.3 Å². The second-order valence-corrected chi connectivity index (χ2v) is 10.7. The number of halogens is 3. The van der Waals surface area contributed by atoms with Crippen LogP contribution in [0.5, 0.6) is 5.75 Å². The lowest BCUT2D eigenvalue weighted by Crippen LogP contribution is -2.47. The van der Waals surface area contributed by atoms with Gasteiger partial charge in [0.1, 0.15) is 10.1 Å². The molecule has 0 saturated carbocycles. The largest absolute Gasteiger partial charge is 0.466 e. The first-order valence-corrected chi connectivity index (χ1v) is 11.9. The van der Waals surface area contributed by atoms with E-state index >= 15 is 0 Å². The number of rotatable bonds is 10. The van der Waals surface area contributed by atoms with E-state index in [2.05, 4.69) is 5.32 Å². The van der Waals surface area contributed by atoms with Gasteiger partial charge >= 0.3 is 0 Å². The number of alkyl halides is 3. The minimum absolute atomic E-state index is 0.124. The van der Waals surface area contributed by atoms with Crippen LogP contribution in [0.4, 0.5) is 0 Å². The summed E-state index contributed by atoms with van der Waals surface area (Å²) < 4.78 is 9.37. The van der Waals surface area contributed by atoms with E-state index in [1.54, 1.807) is 42.4 Å². The van der Waals surface area contributed by atoms with Gasteiger partial charge < -0.3 is 14.8 Å². The van der Waals surface area contributed by atoms with Crippen molar-refractivity contribution in [1.29, 1.82) is 0 Å². The van der Waals surface area contributed by atoms with Gasteiger partial charge in [0.05, 0.1) is 4.91 Å². The first-order valence-electron chi connectivity index (χ1n) is 9.52. The molecule has 1 saturated heterocycles. The van der Waals surface area contributed by atoms with E-state index in [4.69, 9.17) is 56.5 Å². The molecule has 31 heavy (non-hydrogen) atoms. The lowest BCUT2D eigenvalue weighted by atomic mass is 10.2. The lowest BCUT2D eigenvalue weighted by molar-refractivity contribution is -0.124. The molecule has 0 bridgehead atoms. The van der Waals surface area contributed by atoms with Gasteiger partial charge in [0, 0.05) is 26.7 Å². The van der Waals surface area contributed by atoms with Crippen molar-refractivity contribution in [3.8, 4) is 5.75 Å². The van der Waals surface area contributed by atoms with Crippen LogP contribution >= 0.6 is 58.8 Å². The molecule has 11 heteroatoms. The normalized spacial score (nSPS) is 16.7.